The second kappa shape index (κ2) is 7.94. The Bertz CT molecular complexity index is 738. The minimum Gasteiger partial charge on any atom is -0.496 e. The zero-order chi connectivity index (χ0) is 18.7. The number of carbonyl (C=O) groups is 1. The van der Waals surface area contributed by atoms with Gasteiger partial charge in [0.05, 0.1) is 17.6 Å². The van der Waals surface area contributed by atoms with Gasteiger partial charge in [-0.2, -0.15) is 0 Å². The summed E-state index contributed by atoms with van der Waals surface area (Å²) in [5.74, 6) is 0.458. The normalized spacial score (nSPS) is 22.3. The van der Waals surface area contributed by atoms with Crippen molar-refractivity contribution in [1.29, 1.82) is 0 Å². The van der Waals surface area contributed by atoms with Gasteiger partial charge in [0.1, 0.15) is 5.75 Å². The molecule has 1 amide bonds. The highest BCUT2D eigenvalue weighted by Crippen LogP contribution is 2.31. The van der Waals surface area contributed by atoms with E-state index < -0.39 is 10.0 Å². The zero-order valence-corrected chi connectivity index (χ0v) is 15.8. The predicted octanol–water partition coefficient (Wildman–Crippen LogP) is 1.38. The molecule has 0 bridgehead atoms. The summed E-state index contributed by atoms with van der Waals surface area (Å²) in [6.45, 7) is 0.966. The van der Waals surface area contributed by atoms with E-state index >= 15 is 0 Å². The van der Waals surface area contributed by atoms with Crippen LogP contribution in [0.4, 0.5) is 0 Å². The molecule has 1 aliphatic heterocycles. The summed E-state index contributed by atoms with van der Waals surface area (Å²) < 4.78 is 28.5. The Kier molecular flexibility index (Phi) is 5.84. The van der Waals surface area contributed by atoms with Crippen LogP contribution in [-0.2, 0) is 10.0 Å². The molecule has 1 aliphatic carbocycles. The number of methoxy groups -OCH3 is 1. The summed E-state index contributed by atoms with van der Waals surface area (Å²) in [6.07, 6.45) is 6.74. The van der Waals surface area contributed by atoms with Crippen LogP contribution in [0.5, 0.6) is 5.75 Å². The predicted molar refractivity (Wildman–Crippen MR) is 98.6 cm³/mol. The lowest BCUT2D eigenvalue weighted by molar-refractivity contribution is 0.0906. The van der Waals surface area contributed by atoms with Crippen LogP contribution >= 0.6 is 0 Å². The lowest BCUT2D eigenvalue weighted by Crippen LogP contribution is -2.51. The molecule has 26 heavy (non-hydrogen) atoms. The molecule has 2 unspecified atom stereocenters. The zero-order valence-electron chi connectivity index (χ0n) is 15.0. The molecule has 2 aliphatic rings. The van der Waals surface area contributed by atoms with Crippen molar-refractivity contribution in [2.75, 3.05) is 13.7 Å². The Morgan fingerprint density at radius 1 is 1.27 bits per heavy atom. The highest BCUT2D eigenvalue weighted by atomic mass is 32.2. The molecular weight excluding hydrogens is 354 g/mol. The second-order valence-electron chi connectivity index (χ2n) is 7.15. The third-order valence-electron chi connectivity index (χ3n) is 5.48. The largest absolute Gasteiger partial charge is 0.496 e. The van der Waals surface area contributed by atoms with E-state index in [1.54, 1.807) is 0 Å². The van der Waals surface area contributed by atoms with Gasteiger partial charge in [0.2, 0.25) is 10.0 Å². The fraction of sp³-hybridized carbons (Fsp3) is 0.611. The first kappa shape index (κ1) is 19.1. The first-order chi connectivity index (χ1) is 12.4. The van der Waals surface area contributed by atoms with Crippen LogP contribution < -0.4 is 20.5 Å². The fourth-order valence-corrected chi connectivity index (χ4v) is 4.69. The Labute approximate surface area is 154 Å². The highest BCUT2D eigenvalue weighted by Gasteiger charge is 2.34. The van der Waals surface area contributed by atoms with Gasteiger partial charge in [0.25, 0.3) is 5.91 Å². The molecule has 0 spiro atoms. The summed E-state index contributed by atoms with van der Waals surface area (Å²) in [4.78, 5) is 12.9. The van der Waals surface area contributed by atoms with E-state index in [-0.39, 0.29) is 28.4 Å². The van der Waals surface area contributed by atoms with Gasteiger partial charge < -0.3 is 15.4 Å². The van der Waals surface area contributed by atoms with E-state index in [9.17, 15) is 13.2 Å². The van der Waals surface area contributed by atoms with Crippen molar-refractivity contribution in [3.63, 3.8) is 0 Å². The molecule has 0 radical (unpaired) electrons. The van der Waals surface area contributed by atoms with Crippen molar-refractivity contribution in [3.05, 3.63) is 23.8 Å². The molecule has 2 fully saturated rings. The number of nitrogens with one attached hydrogen (secondary N) is 2. The molecular formula is C18H27N3O4S. The van der Waals surface area contributed by atoms with Crippen molar-refractivity contribution in [2.24, 2.45) is 11.1 Å². The van der Waals surface area contributed by atoms with E-state index in [2.05, 4.69) is 10.6 Å². The van der Waals surface area contributed by atoms with Crippen LogP contribution in [-0.4, -0.2) is 40.1 Å². The number of nitrogens with two attached hydrogens (primary N) is 1. The van der Waals surface area contributed by atoms with Gasteiger partial charge in [-0.15, -0.1) is 0 Å². The Morgan fingerprint density at radius 2 is 2.00 bits per heavy atom. The molecule has 1 saturated heterocycles. The quantitative estimate of drug-likeness (QED) is 0.689. The minimum absolute atomic E-state index is 0.0374. The van der Waals surface area contributed by atoms with Crippen molar-refractivity contribution in [2.45, 2.75) is 55.5 Å². The van der Waals surface area contributed by atoms with Gasteiger partial charge in [-0.25, -0.2) is 13.6 Å². The molecule has 0 aromatic heterocycles. The van der Waals surface area contributed by atoms with Crippen molar-refractivity contribution < 1.29 is 17.9 Å². The number of hydrogen-bond donors (Lipinski definition) is 3. The van der Waals surface area contributed by atoms with Crippen LogP contribution in [0, 0.1) is 5.92 Å². The number of primary sulfonamides is 1. The Morgan fingerprint density at radius 3 is 2.58 bits per heavy atom. The van der Waals surface area contributed by atoms with Crippen molar-refractivity contribution in [3.8, 4) is 5.75 Å². The van der Waals surface area contributed by atoms with Crippen LogP contribution in [0.1, 0.15) is 48.9 Å². The summed E-state index contributed by atoms with van der Waals surface area (Å²) in [5.41, 5.74) is 0.194. The molecule has 1 aromatic rings. The average Bonchev–Trinajstić information content (AvgIpc) is 3.31. The maximum absolute atomic E-state index is 13.0. The number of amides is 1. The van der Waals surface area contributed by atoms with E-state index in [0.717, 1.165) is 32.2 Å². The highest BCUT2D eigenvalue weighted by molar-refractivity contribution is 7.89. The first-order valence-electron chi connectivity index (χ1n) is 9.15. The molecule has 1 saturated carbocycles. The second-order valence-corrected chi connectivity index (χ2v) is 8.72. The van der Waals surface area contributed by atoms with Gasteiger partial charge in [-0.1, -0.05) is 12.8 Å². The molecule has 7 nitrogen and oxygen atoms in total. The number of carbonyl (C=O) groups excluding carboxylic acids is 1. The molecule has 4 N–H and O–H groups in total. The van der Waals surface area contributed by atoms with E-state index in [1.807, 2.05) is 0 Å². The number of ether oxygens (including phenoxy) is 1. The maximum Gasteiger partial charge on any atom is 0.255 e. The lowest BCUT2D eigenvalue weighted by Gasteiger charge is -2.30. The fourth-order valence-electron chi connectivity index (χ4n) is 4.15. The maximum atomic E-state index is 13.0. The number of sulfonamides is 1. The third kappa shape index (κ3) is 4.19. The monoisotopic (exact) mass is 381 g/mol. The van der Waals surface area contributed by atoms with E-state index in [4.69, 9.17) is 9.88 Å². The molecule has 8 heteroatoms. The minimum atomic E-state index is -3.89. The summed E-state index contributed by atoms with van der Waals surface area (Å²) in [5, 5.41) is 11.9. The first-order valence-corrected chi connectivity index (χ1v) is 10.7. The third-order valence-corrected chi connectivity index (χ3v) is 6.39. The topological polar surface area (TPSA) is 111 Å². The molecule has 144 valence electrons. The van der Waals surface area contributed by atoms with Crippen molar-refractivity contribution in [1.82, 2.24) is 10.6 Å². The molecule has 1 heterocycles. The summed E-state index contributed by atoms with van der Waals surface area (Å²) >= 11 is 0. The molecule has 3 rings (SSSR count). The lowest BCUT2D eigenvalue weighted by atomic mass is 9.90. The van der Waals surface area contributed by atoms with Crippen LogP contribution in [0.2, 0.25) is 0 Å². The summed E-state index contributed by atoms with van der Waals surface area (Å²) in [6, 6.07) is 4.40. The van der Waals surface area contributed by atoms with Gasteiger partial charge in [-0.05, 0) is 56.3 Å². The van der Waals surface area contributed by atoms with Crippen LogP contribution in [0.25, 0.3) is 0 Å². The van der Waals surface area contributed by atoms with Gasteiger partial charge in [0.15, 0.2) is 0 Å². The number of rotatable bonds is 6. The smallest absolute Gasteiger partial charge is 0.255 e. The van der Waals surface area contributed by atoms with Crippen LogP contribution in [0.15, 0.2) is 23.1 Å². The van der Waals surface area contributed by atoms with E-state index in [1.165, 1.54) is 38.2 Å². The SMILES string of the molecule is COc1ccc(S(N)(=O)=O)cc1C(=O)NC(C1CCCC1)C1CCCN1. The standard InChI is InChI=1S/C18H27N3O4S/c1-25-16-9-8-13(26(19,23)24)11-14(16)18(22)21-17(12-5-2-3-6-12)15-7-4-10-20-15/h8-9,11-12,15,17,20H,2-7,10H2,1H3,(H,21,22)(H2,19,23,24). The van der Waals surface area contributed by atoms with Crippen LogP contribution in [0.3, 0.4) is 0 Å². The number of benzene rings is 1. The van der Waals surface area contributed by atoms with Gasteiger partial charge in [-0.3, -0.25) is 4.79 Å². The molecule has 2 atom stereocenters. The van der Waals surface area contributed by atoms with Gasteiger partial charge >= 0.3 is 0 Å². The van der Waals surface area contributed by atoms with Gasteiger partial charge in [0, 0.05) is 12.1 Å². The Balaban J connectivity index is 1.86. The number of hydrogen-bond acceptors (Lipinski definition) is 5. The van der Waals surface area contributed by atoms with E-state index in [0.29, 0.717) is 11.7 Å². The molecule has 1 aromatic carbocycles. The van der Waals surface area contributed by atoms with Crippen molar-refractivity contribution >= 4 is 15.9 Å². The summed E-state index contributed by atoms with van der Waals surface area (Å²) in [7, 11) is -2.44. The Hall–Kier alpha value is -1.64. The average molecular weight is 381 g/mol.